The number of hydrogen-bond donors (Lipinski definition) is 1. The number of amides is 1. The molecule has 0 saturated heterocycles. The van der Waals surface area contributed by atoms with Crippen LogP contribution in [0.15, 0.2) is 60.7 Å². The predicted molar refractivity (Wildman–Crippen MR) is 96.1 cm³/mol. The number of nitrogens with one attached hydrogen (secondary N) is 1. The van der Waals surface area contributed by atoms with Gasteiger partial charge in [0.1, 0.15) is 0 Å². The predicted octanol–water partition coefficient (Wildman–Crippen LogP) is 4.40. The van der Waals surface area contributed by atoms with Crippen LogP contribution in [0.5, 0.6) is 0 Å². The molecule has 0 heterocycles. The second-order valence-electron chi connectivity index (χ2n) is 4.73. The summed E-state index contributed by atoms with van der Waals surface area (Å²) in [5.41, 5.74) is 2.22. The zero-order valence-electron chi connectivity index (χ0n) is 12.2. The van der Waals surface area contributed by atoms with E-state index >= 15 is 0 Å². The van der Waals surface area contributed by atoms with Gasteiger partial charge in [0.2, 0.25) is 5.91 Å². The van der Waals surface area contributed by atoms with E-state index in [1.165, 1.54) is 5.56 Å². The maximum Gasteiger partial charge on any atom is 0.230 e. The molecule has 22 heavy (non-hydrogen) atoms. The fraction of sp³-hybridized carbons (Fsp3) is 0.167. The van der Waals surface area contributed by atoms with Crippen molar-refractivity contribution in [2.45, 2.75) is 6.54 Å². The van der Waals surface area contributed by atoms with Crippen molar-refractivity contribution in [3.05, 3.63) is 76.8 Å². The van der Waals surface area contributed by atoms with Crippen LogP contribution in [0.3, 0.4) is 0 Å². The van der Waals surface area contributed by atoms with Gasteiger partial charge >= 0.3 is 0 Å². The molecule has 4 heteroatoms. The van der Waals surface area contributed by atoms with Gasteiger partial charge in [0.15, 0.2) is 0 Å². The summed E-state index contributed by atoms with van der Waals surface area (Å²) >= 11 is 7.42. The van der Waals surface area contributed by atoms with Crippen LogP contribution in [0.25, 0.3) is 6.08 Å². The highest BCUT2D eigenvalue weighted by molar-refractivity contribution is 8.00. The molecular weight excluding hydrogens is 314 g/mol. The van der Waals surface area contributed by atoms with Gasteiger partial charge in [-0.15, -0.1) is 11.8 Å². The van der Waals surface area contributed by atoms with Crippen LogP contribution in [0.1, 0.15) is 11.1 Å². The van der Waals surface area contributed by atoms with Gasteiger partial charge in [-0.25, -0.2) is 0 Å². The summed E-state index contributed by atoms with van der Waals surface area (Å²) in [6.45, 7) is 0.538. The lowest BCUT2D eigenvalue weighted by Gasteiger charge is -2.04. The van der Waals surface area contributed by atoms with E-state index in [1.807, 2.05) is 42.5 Å². The smallest absolute Gasteiger partial charge is 0.230 e. The van der Waals surface area contributed by atoms with E-state index in [0.29, 0.717) is 17.3 Å². The molecule has 2 nitrogen and oxygen atoms in total. The van der Waals surface area contributed by atoms with Gasteiger partial charge < -0.3 is 5.32 Å². The van der Waals surface area contributed by atoms with Gasteiger partial charge in [0.05, 0.1) is 5.75 Å². The third kappa shape index (κ3) is 6.37. The van der Waals surface area contributed by atoms with E-state index in [-0.39, 0.29) is 5.91 Å². The topological polar surface area (TPSA) is 29.1 Å². The van der Waals surface area contributed by atoms with Crippen molar-refractivity contribution in [3.8, 4) is 0 Å². The Morgan fingerprint density at radius 3 is 2.55 bits per heavy atom. The van der Waals surface area contributed by atoms with E-state index < -0.39 is 0 Å². The lowest BCUT2D eigenvalue weighted by molar-refractivity contribution is -0.118. The molecule has 0 unspecified atom stereocenters. The highest BCUT2D eigenvalue weighted by Gasteiger charge is 2.00. The number of carbonyl (C=O) groups excluding carboxylic acids is 1. The Morgan fingerprint density at radius 2 is 1.82 bits per heavy atom. The summed E-state index contributed by atoms with van der Waals surface area (Å²) < 4.78 is 0. The zero-order chi connectivity index (χ0) is 15.6. The minimum atomic E-state index is 0.0491. The maximum atomic E-state index is 11.7. The quantitative estimate of drug-likeness (QED) is 0.762. The number of rotatable bonds is 7. The Kier molecular flexibility index (Phi) is 7.07. The second-order valence-corrected chi connectivity index (χ2v) is 6.20. The molecule has 1 amide bonds. The lowest BCUT2D eigenvalue weighted by atomic mass is 10.2. The van der Waals surface area contributed by atoms with Crippen molar-refractivity contribution >= 4 is 35.3 Å². The minimum absolute atomic E-state index is 0.0491. The Morgan fingerprint density at radius 1 is 1.09 bits per heavy atom. The molecule has 0 spiro atoms. The Hall–Kier alpha value is -1.71. The summed E-state index contributed by atoms with van der Waals surface area (Å²) in [4.78, 5) is 11.7. The van der Waals surface area contributed by atoms with Gasteiger partial charge in [0.25, 0.3) is 0 Å². The van der Waals surface area contributed by atoms with Crippen molar-refractivity contribution in [1.82, 2.24) is 5.32 Å². The molecule has 0 aliphatic carbocycles. The standard InChI is InChI=1S/C18H18ClNOS/c19-17-10-8-16(9-11-17)13-20-18(21)14-22-12-4-7-15-5-2-1-3-6-15/h1-11H,12-14H2,(H,20,21)/b7-4+. The first-order chi connectivity index (χ1) is 10.7. The Balaban J connectivity index is 1.61. The number of benzene rings is 2. The molecule has 2 aromatic carbocycles. The van der Waals surface area contributed by atoms with Crippen LogP contribution < -0.4 is 5.32 Å². The van der Waals surface area contributed by atoms with Gasteiger partial charge in [-0.1, -0.05) is 66.2 Å². The van der Waals surface area contributed by atoms with Crippen molar-refractivity contribution in [1.29, 1.82) is 0 Å². The SMILES string of the molecule is O=C(CSC/C=C/c1ccccc1)NCc1ccc(Cl)cc1. The first-order valence-electron chi connectivity index (χ1n) is 7.04. The normalized spacial score (nSPS) is 10.8. The molecule has 0 fully saturated rings. The molecule has 0 aliphatic rings. The van der Waals surface area contributed by atoms with Crippen LogP contribution in [-0.2, 0) is 11.3 Å². The third-order valence-corrected chi connectivity index (χ3v) is 4.11. The van der Waals surface area contributed by atoms with Crippen LogP contribution in [0, 0.1) is 0 Å². The summed E-state index contributed by atoms with van der Waals surface area (Å²) in [5, 5.41) is 3.60. The van der Waals surface area contributed by atoms with Crippen molar-refractivity contribution < 1.29 is 4.79 Å². The van der Waals surface area contributed by atoms with Crippen molar-refractivity contribution in [2.24, 2.45) is 0 Å². The summed E-state index contributed by atoms with van der Waals surface area (Å²) in [6.07, 6.45) is 4.14. The van der Waals surface area contributed by atoms with Gasteiger partial charge in [-0.2, -0.15) is 0 Å². The van der Waals surface area contributed by atoms with E-state index in [2.05, 4.69) is 29.6 Å². The number of thioether (sulfide) groups is 1. The van der Waals surface area contributed by atoms with E-state index in [0.717, 1.165) is 11.3 Å². The first-order valence-corrected chi connectivity index (χ1v) is 8.58. The van der Waals surface area contributed by atoms with Crippen molar-refractivity contribution in [2.75, 3.05) is 11.5 Å². The minimum Gasteiger partial charge on any atom is -0.351 e. The van der Waals surface area contributed by atoms with E-state index in [9.17, 15) is 4.79 Å². The summed E-state index contributed by atoms with van der Waals surface area (Å²) in [6, 6.07) is 17.6. The van der Waals surface area contributed by atoms with Crippen LogP contribution in [-0.4, -0.2) is 17.4 Å². The second kappa shape index (κ2) is 9.34. The molecule has 2 rings (SSSR count). The highest BCUT2D eigenvalue weighted by atomic mass is 35.5. The average molecular weight is 332 g/mol. The Labute approximate surface area is 140 Å². The molecule has 0 radical (unpaired) electrons. The number of hydrogen-bond acceptors (Lipinski definition) is 2. The largest absolute Gasteiger partial charge is 0.351 e. The first kappa shape index (κ1) is 16.7. The van der Waals surface area contributed by atoms with E-state index in [4.69, 9.17) is 11.6 Å². The van der Waals surface area contributed by atoms with Gasteiger partial charge in [-0.3, -0.25) is 4.79 Å². The molecule has 2 aromatic rings. The molecule has 0 aromatic heterocycles. The molecular formula is C18H18ClNOS. The monoisotopic (exact) mass is 331 g/mol. The zero-order valence-corrected chi connectivity index (χ0v) is 13.7. The van der Waals surface area contributed by atoms with Crippen LogP contribution in [0.4, 0.5) is 0 Å². The maximum absolute atomic E-state index is 11.7. The van der Waals surface area contributed by atoms with E-state index in [1.54, 1.807) is 11.8 Å². The van der Waals surface area contributed by atoms with Gasteiger partial charge in [0, 0.05) is 17.3 Å². The molecule has 114 valence electrons. The van der Waals surface area contributed by atoms with Crippen LogP contribution in [0.2, 0.25) is 5.02 Å². The molecule has 0 aliphatic heterocycles. The summed E-state index contributed by atoms with van der Waals surface area (Å²) in [7, 11) is 0. The van der Waals surface area contributed by atoms with Crippen LogP contribution >= 0.6 is 23.4 Å². The molecule has 0 saturated carbocycles. The number of halogens is 1. The highest BCUT2D eigenvalue weighted by Crippen LogP contribution is 2.09. The molecule has 1 N–H and O–H groups in total. The van der Waals surface area contributed by atoms with Gasteiger partial charge in [-0.05, 0) is 23.3 Å². The fourth-order valence-electron chi connectivity index (χ4n) is 1.82. The summed E-state index contributed by atoms with van der Waals surface area (Å²) in [5.74, 6) is 1.34. The average Bonchev–Trinajstić information content (AvgIpc) is 2.55. The lowest BCUT2D eigenvalue weighted by Crippen LogP contribution is -2.24. The van der Waals surface area contributed by atoms with Crippen molar-refractivity contribution in [3.63, 3.8) is 0 Å². The Bertz CT molecular complexity index is 611. The number of carbonyl (C=O) groups is 1. The molecule has 0 bridgehead atoms. The third-order valence-electron chi connectivity index (χ3n) is 2.96. The molecule has 0 atom stereocenters. The fourth-order valence-corrected chi connectivity index (χ4v) is 2.59.